The van der Waals surface area contributed by atoms with Gasteiger partial charge in [0.15, 0.2) is 9.84 Å². The molecule has 2 aromatic carbocycles. The summed E-state index contributed by atoms with van der Waals surface area (Å²) in [7, 11) is -3.09. The fourth-order valence-corrected chi connectivity index (χ4v) is 5.29. The number of fused-ring (bicyclic) bond motifs is 1. The van der Waals surface area contributed by atoms with Crippen LogP contribution in [0.15, 0.2) is 48.5 Å². The van der Waals surface area contributed by atoms with Crippen LogP contribution in [0.25, 0.3) is 11.1 Å². The second-order valence-electron chi connectivity index (χ2n) is 6.24. The van der Waals surface area contributed by atoms with Crippen LogP contribution in [0.5, 0.6) is 0 Å². The lowest BCUT2D eigenvalue weighted by atomic mass is 10.0. The van der Waals surface area contributed by atoms with E-state index in [9.17, 15) is 13.2 Å². The van der Waals surface area contributed by atoms with Gasteiger partial charge in [0.2, 0.25) is 0 Å². The third-order valence-corrected chi connectivity index (χ3v) is 6.29. The zero-order valence-electron chi connectivity index (χ0n) is 12.8. The number of sulfone groups is 1. The predicted molar refractivity (Wildman–Crippen MR) is 93.5 cm³/mol. The average Bonchev–Trinajstić information content (AvgIpc) is 2.98. The molecule has 0 bridgehead atoms. The molecule has 6 nitrogen and oxygen atoms in total. The topological polar surface area (TPSA) is 92.5 Å². The highest BCUT2D eigenvalue weighted by molar-refractivity contribution is 7.91. The van der Waals surface area contributed by atoms with Crippen molar-refractivity contribution in [3.63, 3.8) is 0 Å². The number of nitrogens with two attached hydrogens (primary N) is 1. The third kappa shape index (κ3) is 2.50. The summed E-state index contributed by atoms with van der Waals surface area (Å²) in [6.07, 6.45) is 0. The van der Waals surface area contributed by atoms with E-state index >= 15 is 0 Å². The van der Waals surface area contributed by atoms with Crippen LogP contribution in [-0.4, -0.2) is 38.0 Å². The van der Waals surface area contributed by atoms with Crippen LogP contribution in [0, 0.1) is 0 Å². The Bertz CT molecular complexity index is 892. The molecule has 2 amide bonds. The molecule has 2 saturated heterocycles. The van der Waals surface area contributed by atoms with E-state index in [0.29, 0.717) is 11.4 Å². The molecule has 7 heteroatoms. The smallest absolute Gasteiger partial charge is 0.322 e. The molecule has 2 aliphatic rings. The van der Waals surface area contributed by atoms with Crippen molar-refractivity contribution < 1.29 is 13.2 Å². The molecular formula is C17H17N3O3S. The Labute approximate surface area is 140 Å². The lowest BCUT2D eigenvalue weighted by Gasteiger charge is -2.21. The zero-order chi connectivity index (χ0) is 16.9. The van der Waals surface area contributed by atoms with Gasteiger partial charge in [-0.05, 0) is 35.4 Å². The summed E-state index contributed by atoms with van der Waals surface area (Å²) < 4.78 is 23.6. The predicted octanol–water partition coefficient (Wildman–Crippen LogP) is 1.63. The van der Waals surface area contributed by atoms with Crippen molar-refractivity contribution in [1.82, 2.24) is 5.32 Å². The summed E-state index contributed by atoms with van der Waals surface area (Å²) in [5.41, 5.74) is 9.15. The van der Waals surface area contributed by atoms with E-state index in [2.05, 4.69) is 5.32 Å². The largest absolute Gasteiger partial charge is 0.399 e. The highest BCUT2D eigenvalue weighted by Crippen LogP contribution is 2.31. The number of benzene rings is 2. The number of urea groups is 1. The molecule has 2 heterocycles. The van der Waals surface area contributed by atoms with Gasteiger partial charge in [-0.1, -0.05) is 24.3 Å². The summed E-state index contributed by atoms with van der Waals surface area (Å²) in [5.74, 6) is 0.0273. The van der Waals surface area contributed by atoms with E-state index in [1.807, 2.05) is 48.5 Å². The second-order valence-corrected chi connectivity index (χ2v) is 8.39. The number of nitrogen functional groups attached to an aromatic ring is 1. The van der Waals surface area contributed by atoms with Crippen LogP contribution in [-0.2, 0) is 9.84 Å². The number of carbonyl (C=O) groups is 1. The van der Waals surface area contributed by atoms with Crippen molar-refractivity contribution in [3.8, 4) is 11.1 Å². The normalized spacial score (nSPS) is 24.7. The molecule has 0 aliphatic carbocycles. The van der Waals surface area contributed by atoms with Gasteiger partial charge in [-0.25, -0.2) is 13.2 Å². The summed E-state index contributed by atoms with van der Waals surface area (Å²) in [4.78, 5) is 13.8. The fraction of sp³-hybridized carbons (Fsp3) is 0.235. The molecule has 3 N–H and O–H groups in total. The Hall–Kier alpha value is -2.54. The molecule has 0 saturated carbocycles. The van der Waals surface area contributed by atoms with Gasteiger partial charge in [-0.2, -0.15) is 0 Å². The molecule has 2 atom stereocenters. The molecule has 0 spiro atoms. The van der Waals surface area contributed by atoms with Crippen LogP contribution < -0.4 is 16.0 Å². The summed E-state index contributed by atoms with van der Waals surface area (Å²) in [6, 6.07) is 14.2. The van der Waals surface area contributed by atoms with Crippen LogP contribution in [0.1, 0.15) is 0 Å². The Morgan fingerprint density at radius 3 is 2.17 bits per heavy atom. The highest BCUT2D eigenvalue weighted by atomic mass is 32.2. The number of nitrogens with one attached hydrogen (secondary N) is 1. The first-order valence-electron chi connectivity index (χ1n) is 7.69. The van der Waals surface area contributed by atoms with Crippen LogP contribution >= 0.6 is 0 Å². The number of carbonyl (C=O) groups excluding carboxylic acids is 1. The first-order valence-corrected chi connectivity index (χ1v) is 9.51. The minimum atomic E-state index is -3.09. The maximum Gasteiger partial charge on any atom is 0.322 e. The van der Waals surface area contributed by atoms with E-state index in [4.69, 9.17) is 5.73 Å². The minimum Gasteiger partial charge on any atom is -0.399 e. The lowest BCUT2D eigenvalue weighted by Crippen LogP contribution is -2.36. The highest BCUT2D eigenvalue weighted by Gasteiger charge is 2.49. The molecule has 2 aromatic rings. The monoisotopic (exact) mass is 343 g/mol. The van der Waals surface area contributed by atoms with Gasteiger partial charge in [-0.3, -0.25) is 4.90 Å². The molecule has 0 unspecified atom stereocenters. The van der Waals surface area contributed by atoms with E-state index in [-0.39, 0.29) is 29.6 Å². The average molecular weight is 343 g/mol. The molecule has 124 valence electrons. The molecule has 2 aliphatic heterocycles. The quantitative estimate of drug-likeness (QED) is 0.640. The number of anilines is 2. The molecule has 0 aromatic heterocycles. The summed E-state index contributed by atoms with van der Waals surface area (Å²) in [5, 5.41) is 2.77. The van der Waals surface area contributed by atoms with Crippen molar-refractivity contribution in [3.05, 3.63) is 48.5 Å². The number of hydrogen-bond acceptors (Lipinski definition) is 4. The maximum absolute atomic E-state index is 12.2. The van der Waals surface area contributed by atoms with E-state index in [1.165, 1.54) is 0 Å². The van der Waals surface area contributed by atoms with Crippen molar-refractivity contribution >= 4 is 27.2 Å². The Morgan fingerprint density at radius 1 is 0.958 bits per heavy atom. The van der Waals surface area contributed by atoms with E-state index < -0.39 is 9.84 Å². The first kappa shape index (κ1) is 15.0. The second kappa shape index (κ2) is 5.24. The molecule has 4 rings (SSSR count). The molecule has 24 heavy (non-hydrogen) atoms. The van der Waals surface area contributed by atoms with Crippen molar-refractivity contribution in [2.75, 3.05) is 22.1 Å². The third-order valence-electron chi connectivity index (χ3n) is 4.57. The minimum absolute atomic E-state index is 0.0100. The Morgan fingerprint density at radius 2 is 1.54 bits per heavy atom. The Kier molecular flexibility index (Phi) is 3.28. The number of hydrogen-bond donors (Lipinski definition) is 2. The van der Waals surface area contributed by atoms with Crippen LogP contribution in [0.2, 0.25) is 0 Å². The number of nitrogens with zero attached hydrogens (tertiary/aromatic N) is 1. The zero-order valence-corrected chi connectivity index (χ0v) is 13.7. The summed E-state index contributed by atoms with van der Waals surface area (Å²) in [6.45, 7) is 0. The molecule has 2 fully saturated rings. The first-order chi connectivity index (χ1) is 11.4. The maximum atomic E-state index is 12.2. The van der Waals surface area contributed by atoms with Crippen LogP contribution in [0.3, 0.4) is 0 Å². The van der Waals surface area contributed by atoms with Gasteiger partial charge in [0.1, 0.15) is 0 Å². The summed E-state index contributed by atoms with van der Waals surface area (Å²) >= 11 is 0. The standard InChI is InChI=1S/C17H17N3O3S/c18-13-5-1-11(2-6-13)12-3-7-14(8-4-12)20-16-10-24(22,23)9-15(16)19-17(20)21/h1-8,15-16H,9-10,18H2,(H,19,21)/t15-,16+/m1/s1. The number of rotatable bonds is 2. The van der Waals surface area contributed by atoms with Gasteiger partial charge in [-0.15, -0.1) is 0 Å². The van der Waals surface area contributed by atoms with Gasteiger partial charge >= 0.3 is 6.03 Å². The lowest BCUT2D eigenvalue weighted by molar-refractivity contribution is 0.251. The van der Waals surface area contributed by atoms with E-state index in [1.54, 1.807) is 4.90 Å². The SMILES string of the molecule is Nc1ccc(-c2ccc(N3C(=O)N[C@@H]4CS(=O)(=O)C[C@@H]43)cc2)cc1. The number of amides is 2. The van der Waals surface area contributed by atoms with Crippen molar-refractivity contribution in [2.45, 2.75) is 12.1 Å². The van der Waals surface area contributed by atoms with Gasteiger partial charge in [0, 0.05) is 11.4 Å². The van der Waals surface area contributed by atoms with Gasteiger partial charge in [0.25, 0.3) is 0 Å². The van der Waals surface area contributed by atoms with Gasteiger partial charge in [0.05, 0.1) is 23.6 Å². The van der Waals surface area contributed by atoms with E-state index in [0.717, 1.165) is 11.1 Å². The fourth-order valence-electron chi connectivity index (χ4n) is 3.40. The Balaban J connectivity index is 1.63. The molecule has 0 radical (unpaired) electrons. The van der Waals surface area contributed by atoms with Crippen LogP contribution in [0.4, 0.5) is 16.2 Å². The van der Waals surface area contributed by atoms with Gasteiger partial charge < -0.3 is 11.1 Å². The van der Waals surface area contributed by atoms with Crippen molar-refractivity contribution in [2.24, 2.45) is 0 Å². The van der Waals surface area contributed by atoms with Crippen molar-refractivity contribution in [1.29, 1.82) is 0 Å². The molecular weight excluding hydrogens is 326 g/mol.